The molecule has 0 radical (unpaired) electrons. The van der Waals surface area contributed by atoms with E-state index in [2.05, 4.69) is 10.3 Å². The fourth-order valence-corrected chi connectivity index (χ4v) is 3.59. The number of rotatable bonds is 3. The summed E-state index contributed by atoms with van der Waals surface area (Å²) in [6, 6.07) is 12.3. The molecular formula is C21H22N4O3. The Morgan fingerprint density at radius 3 is 2.82 bits per heavy atom. The number of aromatic nitrogens is 2. The Kier molecular flexibility index (Phi) is 4.83. The Labute approximate surface area is 162 Å². The minimum Gasteiger partial charge on any atom is -0.389 e. The average Bonchev–Trinajstić information content (AvgIpc) is 3.10. The van der Waals surface area contributed by atoms with Crippen LogP contribution >= 0.6 is 0 Å². The summed E-state index contributed by atoms with van der Waals surface area (Å²) in [5, 5.41) is 14.5. The summed E-state index contributed by atoms with van der Waals surface area (Å²) < 4.78 is 1.96. The van der Waals surface area contributed by atoms with Crippen LogP contribution < -0.4 is 5.32 Å². The molecule has 28 heavy (non-hydrogen) atoms. The maximum Gasteiger partial charge on any atom is 0.272 e. The quantitative estimate of drug-likeness (QED) is 0.724. The number of likely N-dealkylation sites (tertiary alicyclic amines) is 1. The number of amides is 2. The number of nitrogens with zero attached hydrogens (tertiary/aromatic N) is 3. The first kappa shape index (κ1) is 18.2. The second-order valence-corrected chi connectivity index (χ2v) is 7.10. The lowest BCUT2D eigenvalue weighted by molar-refractivity contribution is 0.0311. The van der Waals surface area contributed by atoms with Gasteiger partial charge in [0.05, 0.1) is 12.1 Å². The maximum absolute atomic E-state index is 12.7. The maximum atomic E-state index is 12.7. The van der Waals surface area contributed by atoms with Gasteiger partial charge in [0.15, 0.2) is 0 Å². The Bertz CT molecular complexity index is 1010. The smallest absolute Gasteiger partial charge is 0.272 e. The van der Waals surface area contributed by atoms with Crippen molar-refractivity contribution in [2.45, 2.75) is 18.6 Å². The van der Waals surface area contributed by atoms with Gasteiger partial charge in [-0.25, -0.2) is 0 Å². The number of benzene rings is 1. The summed E-state index contributed by atoms with van der Waals surface area (Å²) in [5.74, 6) is -0.435. The van der Waals surface area contributed by atoms with Crippen molar-refractivity contribution >= 4 is 22.7 Å². The zero-order valence-electron chi connectivity index (χ0n) is 15.6. The summed E-state index contributed by atoms with van der Waals surface area (Å²) in [5.41, 5.74) is 1.88. The van der Waals surface area contributed by atoms with Crippen molar-refractivity contribution in [3.63, 3.8) is 0 Å². The van der Waals surface area contributed by atoms with Gasteiger partial charge in [0.2, 0.25) is 0 Å². The van der Waals surface area contributed by atoms with Crippen LogP contribution in [0.3, 0.4) is 0 Å². The predicted molar refractivity (Wildman–Crippen MR) is 105 cm³/mol. The monoisotopic (exact) mass is 378 g/mol. The number of carbonyl (C=O) groups is 2. The molecule has 1 aliphatic heterocycles. The van der Waals surface area contributed by atoms with Crippen molar-refractivity contribution < 1.29 is 14.7 Å². The predicted octanol–water partition coefficient (Wildman–Crippen LogP) is 1.58. The molecule has 2 aromatic heterocycles. The summed E-state index contributed by atoms with van der Waals surface area (Å²) in [6.45, 7) is 0.617. The van der Waals surface area contributed by atoms with Crippen molar-refractivity contribution in [2.75, 3.05) is 13.1 Å². The molecule has 7 nitrogen and oxygen atoms in total. The van der Waals surface area contributed by atoms with Crippen molar-refractivity contribution in [1.82, 2.24) is 19.8 Å². The minimum atomic E-state index is -0.830. The number of nitrogens with one attached hydrogen (secondary N) is 1. The average molecular weight is 378 g/mol. The van der Waals surface area contributed by atoms with Gasteiger partial charge in [0, 0.05) is 43.6 Å². The van der Waals surface area contributed by atoms with E-state index in [0.717, 1.165) is 10.9 Å². The molecule has 0 spiro atoms. The number of hydrogen-bond donors (Lipinski definition) is 2. The third kappa shape index (κ3) is 3.48. The largest absolute Gasteiger partial charge is 0.389 e. The van der Waals surface area contributed by atoms with Crippen LogP contribution in [0.1, 0.15) is 27.3 Å². The molecule has 2 N–H and O–H groups in total. The first-order valence-electron chi connectivity index (χ1n) is 9.27. The van der Waals surface area contributed by atoms with E-state index in [1.807, 2.05) is 36.0 Å². The van der Waals surface area contributed by atoms with E-state index in [-0.39, 0.29) is 18.4 Å². The number of pyridine rings is 1. The molecule has 144 valence electrons. The first-order chi connectivity index (χ1) is 13.5. The van der Waals surface area contributed by atoms with Gasteiger partial charge >= 0.3 is 0 Å². The fourth-order valence-electron chi connectivity index (χ4n) is 3.59. The molecule has 7 heteroatoms. The molecule has 2 atom stereocenters. The highest BCUT2D eigenvalue weighted by atomic mass is 16.3. The SMILES string of the molecule is Cn1ccc2ccc(C(=O)N[C@@H]3CCN(C(=O)c4ccccn4)C[C@H]3O)cc21. The second kappa shape index (κ2) is 7.44. The molecule has 3 heterocycles. The van der Waals surface area contributed by atoms with Gasteiger partial charge in [0.1, 0.15) is 5.69 Å². The Morgan fingerprint density at radius 1 is 1.21 bits per heavy atom. The molecule has 0 unspecified atom stereocenters. The van der Waals surface area contributed by atoms with Crippen molar-refractivity contribution in [3.05, 3.63) is 66.1 Å². The van der Waals surface area contributed by atoms with Gasteiger partial charge in [-0.1, -0.05) is 12.1 Å². The van der Waals surface area contributed by atoms with Crippen LogP contribution in [0, 0.1) is 0 Å². The molecule has 1 saturated heterocycles. The van der Waals surface area contributed by atoms with Gasteiger partial charge in [0.25, 0.3) is 11.8 Å². The van der Waals surface area contributed by atoms with Crippen LogP contribution in [0.25, 0.3) is 10.9 Å². The lowest BCUT2D eigenvalue weighted by Gasteiger charge is -2.36. The molecule has 1 aromatic carbocycles. The zero-order valence-corrected chi connectivity index (χ0v) is 15.6. The molecule has 0 saturated carbocycles. The van der Waals surface area contributed by atoms with E-state index >= 15 is 0 Å². The van der Waals surface area contributed by atoms with Crippen molar-refractivity contribution in [1.29, 1.82) is 0 Å². The van der Waals surface area contributed by atoms with Gasteiger partial charge < -0.3 is 19.9 Å². The number of piperidine rings is 1. The molecule has 0 bridgehead atoms. The lowest BCUT2D eigenvalue weighted by Crippen LogP contribution is -2.55. The highest BCUT2D eigenvalue weighted by Gasteiger charge is 2.32. The van der Waals surface area contributed by atoms with E-state index < -0.39 is 12.1 Å². The van der Waals surface area contributed by atoms with E-state index in [1.165, 1.54) is 0 Å². The van der Waals surface area contributed by atoms with Gasteiger partial charge in [-0.05, 0) is 42.1 Å². The summed E-state index contributed by atoms with van der Waals surface area (Å²) >= 11 is 0. The number of aliphatic hydroxyl groups is 1. The highest BCUT2D eigenvalue weighted by Crippen LogP contribution is 2.18. The second-order valence-electron chi connectivity index (χ2n) is 7.10. The molecule has 1 fully saturated rings. The van der Waals surface area contributed by atoms with Crippen LogP contribution in [0.5, 0.6) is 0 Å². The first-order valence-corrected chi connectivity index (χ1v) is 9.27. The standard InChI is InChI=1S/C21H22N4O3/c1-24-10-7-14-5-6-15(12-18(14)24)20(27)23-16-8-11-25(13-19(16)26)21(28)17-4-2-3-9-22-17/h2-7,9-10,12,16,19,26H,8,11,13H2,1H3,(H,23,27)/t16-,19-/m1/s1. The Hall–Kier alpha value is -3.19. The third-order valence-corrected chi connectivity index (χ3v) is 5.22. The van der Waals surface area contributed by atoms with Crippen LogP contribution in [0.15, 0.2) is 54.9 Å². The van der Waals surface area contributed by atoms with Crippen molar-refractivity contribution in [3.8, 4) is 0 Å². The number of aryl methyl sites for hydroxylation is 1. The topological polar surface area (TPSA) is 87.5 Å². The lowest BCUT2D eigenvalue weighted by atomic mass is 10.0. The Morgan fingerprint density at radius 2 is 2.07 bits per heavy atom. The number of β-amino-alcohol motifs (C(OH)–C–C–N with tert-alkyl or cyclic N) is 1. The van der Waals surface area contributed by atoms with E-state index in [0.29, 0.717) is 24.2 Å². The van der Waals surface area contributed by atoms with Gasteiger partial charge in [-0.3, -0.25) is 14.6 Å². The van der Waals surface area contributed by atoms with Gasteiger partial charge in [-0.15, -0.1) is 0 Å². The normalized spacial score (nSPS) is 19.6. The molecule has 1 aliphatic rings. The summed E-state index contributed by atoms with van der Waals surface area (Å²) in [7, 11) is 1.93. The van der Waals surface area contributed by atoms with Gasteiger partial charge in [-0.2, -0.15) is 0 Å². The molecular weight excluding hydrogens is 356 g/mol. The van der Waals surface area contributed by atoms with Crippen LogP contribution in [-0.2, 0) is 7.05 Å². The zero-order chi connectivity index (χ0) is 19.7. The van der Waals surface area contributed by atoms with E-state index in [4.69, 9.17) is 0 Å². The number of aliphatic hydroxyl groups excluding tert-OH is 1. The highest BCUT2D eigenvalue weighted by molar-refractivity contribution is 5.98. The fraction of sp³-hybridized carbons (Fsp3) is 0.286. The van der Waals surface area contributed by atoms with Crippen LogP contribution in [0.4, 0.5) is 0 Å². The third-order valence-electron chi connectivity index (χ3n) is 5.22. The molecule has 4 rings (SSSR count). The van der Waals surface area contributed by atoms with Crippen LogP contribution in [0.2, 0.25) is 0 Å². The summed E-state index contributed by atoms with van der Waals surface area (Å²) in [6.07, 6.45) is 3.17. The minimum absolute atomic E-state index is 0.164. The molecule has 2 amide bonds. The Balaban J connectivity index is 1.41. The molecule has 3 aromatic rings. The van der Waals surface area contributed by atoms with Crippen LogP contribution in [-0.4, -0.2) is 56.6 Å². The summed E-state index contributed by atoms with van der Waals surface area (Å²) in [4.78, 5) is 30.8. The number of carbonyl (C=O) groups excluding carboxylic acids is 2. The van der Waals surface area contributed by atoms with E-state index in [1.54, 1.807) is 35.4 Å². The number of fused-ring (bicyclic) bond motifs is 1. The molecule has 0 aliphatic carbocycles. The van der Waals surface area contributed by atoms with Crippen molar-refractivity contribution in [2.24, 2.45) is 7.05 Å². The number of hydrogen-bond acceptors (Lipinski definition) is 4. The van der Waals surface area contributed by atoms with E-state index in [9.17, 15) is 14.7 Å².